The number of nitrogens with one attached hydrogen (secondary N) is 2. The van der Waals surface area contributed by atoms with E-state index in [4.69, 9.17) is 0 Å². The predicted octanol–water partition coefficient (Wildman–Crippen LogP) is 1.07. The maximum Gasteiger partial charge on any atom is 0.233 e. The Labute approximate surface area is 91.3 Å². The van der Waals surface area contributed by atoms with Crippen molar-refractivity contribution in [1.29, 1.82) is 0 Å². The number of hydrogen-bond acceptors (Lipinski definition) is 2. The quantitative estimate of drug-likeness (QED) is 0.485. The van der Waals surface area contributed by atoms with E-state index < -0.39 is 0 Å². The molecule has 0 unspecified atom stereocenters. The minimum absolute atomic E-state index is 0.115. The van der Waals surface area contributed by atoms with Gasteiger partial charge in [0.25, 0.3) is 0 Å². The molecule has 2 saturated carbocycles. The first kappa shape index (κ1) is 10.7. The number of hydrogen-bond donors (Lipinski definition) is 2. The summed E-state index contributed by atoms with van der Waals surface area (Å²) >= 11 is 0. The van der Waals surface area contributed by atoms with Crippen LogP contribution in [0.15, 0.2) is 12.7 Å². The van der Waals surface area contributed by atoms with Crippen LogP contribution < -0.4 is 10.6 Å². The van der Waals surface area contributed by atoms with E-state index in [1.54, 1.807) is 6.08 Å². The summed E-state index contributed by atoms with van der Waals surface area (Å²) in [6, 6.07) is 0. The van der Waals surface area contributed by atoms with E-state index in [0.29, 0.717) is 18.5 Å². The lowest BCUT2D eigenvalue weighted by Crippen LogP contribution is -2.37. The van der Waals surface area contributed by atoms with Gasteiger partial charge in [0.2, 0.25) is 5.91 Å². The van der Waals surface area contributed by atoms with Crippen LogP contribution in [0.25, 0.3) is 0 Å². The largest absolute Gasteiger partial charge is 0.354 e. The Bertz CT molecular complexity index is 254. The van der Waals surface area contributed by atoms with Gasteiger partial charge in [0.05, 0.1) is 6.54 Å². The third kappa shape index (κ3) is 2.81. The van der Waals surface area contributed by atoms with Crippen molar-refractivity contribution >= 4 is 5.91 Å². The second-order valence-corrected chi connectivity index (χ2v) is 4.83. The molecule has 0 spiro atoms. The molecular weight excluding hydrogens is 188 g/mol. The van der Waals surface area contributed by atoms with E-state index in [0.717, 1.165) is 12.5 Å². The zero-order valence-corrected chi connectivity index (χ0v) is 9.22. The lowest BCUT2D eigenvalue weighted by Gasteiger charge is -2.14. The van der Waals surface area contributed by atoms with Crippen LogP contribution in [-0.4, -0.2) is 25.5 Å². The monoisotopic (exact) mass is 208 g/mol. The average molecular weight is 208 g/mol. The number of carbonyl (C=O) groups excluding carboxylic acids is 1. The van der Waals surface area contributed by atoms with E-state index >= 15 is 0 Å². The number of rotatable bonds is 7. The van der Waals surface area contributed by atoms with Gasteiger partial charge in [-0.2, -0.15) is 0 Å². The highest BCUT2D eigenvalue weighted by Gasteiger charge is 2.53. The summed E-state index contributed by atoms with van der Waals surface area (Å²) in [4.78, 5) is 11.4. The van der Waals surface area contributed by atoms with Gasteiger partial charge < -0.3 is 10.6 Å². The maximum absolute atomic E-state index is 11.4. The number of amides is 1. The molecule has 84 valence electrons. The van der Waals surface area contributed by atoms with Crippen LogP contribution in [0.5, 0.6) is 0 Å². The molecule has 0 aliphatic heterocycles. The van der Waals surface area contributed by atoms with E-state index in [2.05, 4.69) is 17.2 Å². The van der Waals surface area contributed by atoms with Crippen molar-refractivity contribution in [3.63, 3.8) is 0 Å². The van der Waals surface area contributed by atoms with Crippen molar-refractivity contribution in [2.45, 2.75) is 25.7 Å². The molecular formula is C12H20N2O. The van der Waals surface area contributed by atoms with Gasteiger partial charge in [-0.3, -0.25) is 4.79 Å². The van der Waals surface area contributed by atoms with Crippen molar-refractivity contribution in [1.82, 2.24) is 10.6 Å². The van der Waals surface area contributed by atoms with Crippen molar-refractivity contribution in [2.75, 3.05) is 19.6 Å². The molecule has 2 rings (SSSR count). The van der Waals surface area contributed by atoms with Crippen LogP contribution in [-0.2, 0) is 4.79 Å². The second-order valence-electron chi connectivity index (χ2n) is 4.83. The van der Waals surface area contributed by atoms with Gasteiger partial charge in [-0.1, -0.05) is 6.08 Å². The third-order valence-corrected chi connectivity index (χ3v) is 3.55. The Morgan fingerprint density at radius 2 is 2.20 bits per heavy atom. The van der Waals surface area contributed by atoms with Crippen molar-refractivity contribution in [2.24, 2.45) is 11.3 Å². The molecule has 3 heteroatoms. The normalized spacial score (nSPS) is 22.1. The van der Waals surface area contributed by atoms with E-state index in [1.807, 2.05) is 0 Å². The van der Waals surface area contributed by atoms with Gasteiger partial charge in [0.1, 0.15) is 0 Å². The summed E-state index contributed by atoms with van der Waals surface area (Å²) in [6.07, 6.45) is 7.16. The Hall–Kier alpha value is -0.830. The molecule has 0 aromatic heterocycles. The molecule has 0 heterocycles. The van der Waals surface area contributed by atoms with Gasteiger partial charge >= 0.3 is 0 Å². The lowest BCUT2D eigenvalue weighted by atomic mass is 10.0. The zero-order chi connectivity index (χ0) is 10.7. The van der Waals surface area contributed by atoms with Gasteiger partial charge in [-0.25, -0.2) is 0 Å². The molecule has 2 fully saturated rings. The van der Waals surface area contributed by atoms with Crippen molar-refractivity contribution in [3.05, 3.63) is 12.7 Å². The molecule has 2 aliphatic carbocycles. The molecule has 15 heavy (non-hydrogen) atoms. The SMILES string of the molecule is C=CCNCC(=O)NCC1(C2CC2)CC1. The number of carbonyl (C=O) groups is 1. The molecule has 0 atom stereocenters. The van der Waals surface area contributed by atoms with E-state index in [-0.39, 0.29) is 5.91 Å². The maximum atomic E-state index is 11.4. The van der Waals surface area contributed by atoms with Crippen LogP contribution in [0, 0.1) is 11.3 Å². The first-order valence-corrected chi connectivity index (χ1v) is 5.85. The molecule has 0 bridgehead atoms. The van der Waals surface area contributed by atoms with Crippen LogP contribution in [0.4, 0.5) is 0 Å². The fourth-order valence-corrected chi connectivity index (χ4v) is 2.21. The van der Waals surface area contributed by atoms with Crippen LogP contribution in [0.2, 0.25) is 0 Å². The molecule has 3 nitrogen and oxygen atoms in total. The average Bonchev–Trinajstić information content (AvgIpc) is 3.06. The van der Waals surface area contributed by atoms with Gasteiger partial charge in [-0.05, 0) is 37.0 Å². The summed E-state index contributed by atoms with van der Waals surface area (Å²) in [5.74, 6) is 1.03. The standard InChI is InChI=1S/C12H20N2O/c1-2-7-13-8-11(15)14-9-12(5-6-12)10-3-4-10/h2,10,13H,1,3-9H2,(H,14,15). The van der Waals surface area contributed by atoms with Gasteiger partial charge in [0.15, 0.2) is 0 Å². The minimum atomic E-state index is 0.115. The molecule has 0 aromatic carbocycles. The smallest absolute Gasteiger partial charge is 0.233 e. The molecule has 0 aromatic rings. The van der Waals surface area contributed by atoms with E-state index in [1.165, 1.54) is 25.7 Å². The van der Waals surface area contributed by atoms with Crippen LogP contribution in [0.3, 0.4) is 0 Å². The molecule has 1 amide bonds. The first-order chi connectivity index (χ1) is 7.27. The Kier molecular flexibility index (Phi) is 3.10. The Morgan fingerprint density at radius 3 is 2.73 bits per heavy atom. The molecule has 2 aliphatic rings. The summed E-state index contributed by atoms with van der Waals surface area (Å²) < 4.78 is 0. The van der Waals surface area contributed by atoms with Crippen LogP contribution >= 0.6 is 0 Å². The van der Waals surface area contributed by atoms with Gasteiger partial charge in [0, 0.05) is 13.1 Å². The summed E-state index contributed by atoms with van der Waals surface area (Å²) in [6.45, 7) is 5.59. The van der Waals surface area contributed by atoms with Crippen LogP contribution in [0.1, 0.15) is 25.7 Å². The fraction of sp³-hybridized carbons (Fsp3) is 0.750. The zero-order valence-electron chi connectivity index (χ0n) is 9.22. The van der Waals surface area contributed by atoms with E-state index in [9.17, 15) is 4.79 Å². The van der Waals surface area contributed by atoms with Crippen molar-refractivity contribution < 1.29 is 4.79 Å². The highest BCUT2D eigenvalue weighted by atomic mass is 16.1. The summed E-state index contributed by atoms with van der Waals surface area (Å²) in [5.41, 5.74) is 0.508. The summed E-state index contributed by atoms with van der Waals surface area (Å²) in [7, 11) is 0. The highest BCUT2D eigenvalue weighted by Crippen LogP contribution is 2.60. The Balaban J connectivity index is 1.60. The minimum Gasteiger partial charge on any atom is -0.354 e. The summed E-state index contributed by atoms with van der Waals surface area (Å²) in [5, 5.41) is 6.04. The van der Waals surface area contributed by atoms with Gasteiger partial charge in [-0.15, -0.1) is 6.58 Å². The molecule has 0 radical (unpaired) electrons. The topological polar surface area (TPSA) is 41.1 Å². The lowest BCUT2D eigenvalue weighted by molar-refractivity contribution is -0.120. The first-order valence-electron chi connectivity index (χ1n) is 5.85. The highest BCUT2D eigenvalue weighted by molar-refractivity contribution is 5.78. The third-order valence-electron chi connectivity index (χ3n) is 3.55. The fourth-order valence-electron chi connectivity index (χ4n) is 2.21. The second kappa shape index (κ2) is 4.35. The molecule has 2 N–H and O–H groups in total. The van der Waals surface area contributed by atoms with Crippen molar-refractivity contribution in [3.8, 4) is 0 Å². The molecule has 0 saturated heterocycles. The Morgan fingerprint density at radius 1 is 1.47 bits per heavy atom. The predicted molar refractivity (Wildman–Crippen MR) is 60.5 cm³/mol.